The van der Waals surface area contributed by atoms with E-state index in [1.165, 1.54) is 17.2 Å². The molecule has 0 aliphatic carbocycles. The van der Waals surface area contributed by atoms with Gasteiger partial charge in [0, 0.05) is 54.4 Å². The number of thiophene rings is 1. The van der Waals surface area contributed by atoms with Gasteiger partial charge in [-0.15, -0.1) is 11.3 Å². The number of amides is 1. The van der Waals surface area contributed by atoms with Crippen molar-refractivity contribution in [1.82, 2.24) is 24.8 Å². The van der Waals surface area contributed by atoms with E-state index in [1.54, 1.807) is 23.1 Å². The Hall–Kier alpha value is -4.35. The van der Waals surface area contributed by atoms with Crippen molar-refractivity contribution < 1.29 is 27.1 Å². The number of pyridine rings is 1. The van der Waals surface area contributed by atoms with Gasteiger partial charge in [-0.25, -0.2) is 19.7 Å². The van der Waals surface area contributed by atoms with Crippen LogP contribution < -0.4 is 9.64 Å². The molecule has 9 nitrogen and oxygen atoms in total. The summed E-state index contributed by atoms with van der Waals surface area (Å²) in [5, 5.41) is 0.370. The Balaban J connectivity index is 1.31. The van der Waals surface area contributed by atoms with E-state index in [1.807, 2.05) is 0 Å². The molecule has 3 fully saturated rings. The number of ether oxygens (including phenoxy) is 1. The predicted octanol–water partition coefficient (Wildman–Crippen LogP) is 5.56. The third-order valence-corrected chi connectivity index (χ3v) is 10.1. The summed E-state index contributed by atoms with van der Waals surface area (Å²) in [5.74, 6) is -2.48. The molecule has 0 saturated carbocycles. The number of aromatic nitrogens is 3. The van der Waals surface area contributed by atoms with Gasteiger partial charge < -0.3 is 19.4 Å². The average molecular weight is 652 g/mol. The van der Waals surface area contributed by atoms with Crippen LogP contribution in [-0.4, -0.2) is 94.3 Å². The third kappa shape index (κ3) is 5.21. The molecule has 0 spiro atoms. The molecule has 3 atom stereocenters. The van der Waals surface area contributed by atoms with Crippen molar-refractivity contribution in [3.63, 3.8) is 0 Å². The molecule has 1 aromatic carbocycles. The van der Waals surface area contributed by atoms with Crippen LogP contribution in [0, 0.1) is 17.5 Å². The lowest BCUT2D eigenvalue weighted by Gasteiger charge is -2.39. The van der Waals surface area contributed by atoms with Crippen molar-refractivity contribution in [2.75, 3.05) is 50.8 Å². The largest absolute Gasteiger partial charge is 0.461 e. The van der Waals surface area contributed by atoms with E-state index in [9.17, 15) is 18.0 Å². The molecule has 6 heterocycles. The molecule has 3 aromatic heterocycles. The van der Waals surface area contributed by atoms with E-state index in [-0.39, 0.29) is 61.2 Å². The number of hydrogen-bond acceptors (Lipinski definition) is 8. The molecule has 14 heteroatoms. The van der Waals surface area contributed by atoms with Gasteiger partial charge in [0.15, 0.2) is 16.8 Å². The Morgan fingerprint density at radius 1 is 1.20 bits per heavy atom. The van der Waals surface area contributed by atoms with Gasteiger partial charge in [-0.05, 0) is 31.5 Å². The van der Waals surface area contributed by atoms with Crippen LogP contribution in [0.5, 0.6) is 6.01 Å². The first-order valence-corrected chi connectivity index (χ1v) is 15.8. The first kappa shape index (κ1) is 30.3. The molecule has 7 rings (SSSR count). The molecule has 1 amide bonds. The maximum absolute atomic E-state index is 16.6. The molecule has 3 aliphatic heterocycles. The van der Waals surface area contributed by atoms with E-state index >= 15 is 4.39 Å². The van der Waals surface area contributed by atoms with Crippen LogP contribution in [0.1, 0.15) is 19.3 Å². The summed E-state index contributed by atoms with van der Waals surface area (Å²) in [6, 6.07) is 5.66. The highest BCUT2D eigenvalue weighted by molar-refractivity contribution is 7.17. The van der Waals surface area contributed by atoms with Gasteiger partial charge in [-0.3, -0.25) is 14.7 Å². The molecule has 3 aliphatic rings. The van der Waals surface area contributed by atoms with Crippen LogP contribution in [-0.2, 0) is 4.79 Å². The number of carbonyl (C=O) groups is 1. The van der Waals surface area contributed by atoms with Gasteiger partial charge in [0.1, 0.15) is 35.8 Å². The zero-order chi connectivity index (χ0) is 32.2. The van der Waals surface area contributed by atoms with Crippen LogP contribution in [0.3, 0.4) is 0 Å². The summed E-state index contributed by atoms with van der Waals surface area (Å²) in [6.07, 6.45) is 2.47. The lowest BCUT2D eigenvalue weighted by Crippen LogP contribution is -2.56. The molecular formula is C32H29F4N7O2S. The summed E-state index contributed by atoms with van der Waals surface area (Å²) in [6.45, 7) is 12.0. The second kappa shape index (κ2) is 11.8. The first-order chi connectivity index (χ1) is 22.2. The fraction of sp³-hybridized carbons (Fsp3) is 0.406. The normalized spacial score (nSPS) is 23.2. The highest BCUT2D eigenvalue weighted by atomic mass is 32.1. The number of rotatable bonds is 7. The monoisotopic (exact) mass is 651 g/mol. The standard InChI is InChI=1S/C32H29F4N7O2S/c1-18(33)30(44)43-10-9-41(16-20(43)13-37-2)29-23-14-38-27(21-5-3-6-24-22(21)11-25(35)46-24)26(36)28(23)39-31(40-29)45-17-32-7-4-8-42(32)15-19(34)12-32/h3,5-6,11,14,19-20H,1,4,7-10,12-13,15-17H2/t19-,20+,32+/m1/s1. The lowest BCUT2D eigenvalue weighted by atomic mass is 9.95. The van der Waals surface area contributed by atoms with E-state index in [0.717, 1.165) is 30.7 Å². The minimum absolute atomic E-state index is 0.0223. The van der Waals surface area contributed by atoms with Crippen molar-refractivity contribution in [1.29, 1.82) is 0 Å². The summed E-state index contributed by atoms with van der Waals surface area (Å²) in [5.41, 5.74) is -0.202. The molecule has 238 valence electrons. The smallest absolute Gasteiger partial charge is 0.319 e. The molecule has 0 radical (unpaired) electrons. The number of benzene rings is 1. The lowest BCUT2D eigenvalue weighted by molar-refractivity contribution is -0.131. The Bertz CT molecular complexity index is 1910. The van der Waals surface area contributed by atoms with Crippen LogP contribution in [0.25, 0.3) is 37.1 Å². The zero-order valence-corrected chi connectivity index (χ0v) is 25.5. The van der Waals surface area contributed by atoms with E-state index < -0.39 is 40.4 Å². The Morgan fingerprint density at radius 3 is 2.85 bits per heavy atom. The molecule has 0 N–H and O–H groups in total. The van der Waals surface area contributed by atoms with Gasteiger partial charge in [-0.2, -0.15) is 14.4 Å². The van der Waals surface area contributed by atoms with Crippen molar-refractivity contribution in [2.45, 2.75) is 37.0 Å². The highest BCUT2D eigenvalue weighted by Gasteiger charge is 2.49. The third-order valence-electron chi connectivity index (χ3n) is 9.24. The number of anilines is 1. The number of fused-ring (bicyclic) bond motifs is 3. The van der Waals surface area contributed by atoms with Gasteiger partial charge in [0.25, 0.3) is 5.91 Å². The van der Waals surface area contributed by atoms with Crippen LogP contribution in [0.2, 0.25) is 0 Å². The molecule has 4 aromatic rings. The SMILES string of the molecule is [C-]#[N+]C[C@H]1CN(c2nc(OC[C@@]34CCCN3C[C@H](F)C4)nc3c(F)c(-c4cccc5sc(F)cc45)ncc23)CCN1C(=O)C(=C)F. The average Bonchev–Trinajstić information content (AvgIpc) is 3.70. The van der Waals surface area contributed by atoms with Crippen molar-refractivity contribution in [2.24, 2.45) is 0 Å². The van der Waals surface area contributed by atoms with Crippen molar-refractivity contribution in [3.05, 3.63) is 65.2 Å². The van der Waals surface area contributed by atoms with Gasteiger partial charge in [0.05, 0.1) is 10.9 Å². The molecule has 0 unspecified atom stereocenters. The number of hydrogen-bond donors (Lipinski definition) is 0. The number of nitrogens with zero attached hydrogens (tertiary/aromatic N) is 7. The minimum Gasteiger partial charge on any atom is -0.461 e. The molecular weight excluding hydrogens is 622 g/mol. The summed E-state index contributed by atoms with van der Waals surface area (Å²) >= 11 is 0.950. The van der Waals surface area contributed by atoms with E-state index in [0.29, 0.717) is 28.6 Å². The second-order valence-electron chi connectivity index (χ2n) is 12.0. The topological polar surface area (TPSA) is 79.1 Å². The fourth-order valence-electron chi connectivity index (χ4n) is 7.13. The second-order valence-corrected chi connectivity index (χ2v) is 13.0. The summed E-state index contributed by atoms with van der Waals surface area (Å²) in [7, 11) is 0. The Morgan fingerprint density at radius 2 is 2.04 bits per heavy atom. The van der Waals surface area contributed by atoms with E-state index in [4.69, 9.17) is 11.3 Å². The van der Waals surface area contributed by atoms with Gasteiger partial charge in [0.2, 0.25) is 6.54 Å². The maximum atomic E-state index is 16.6. The zero-order valence-electron chi connectivity index (χ0n) is 24.7. The highest BCUT2D eigenvalue weighted by Crippen LogP contribution is 2.41. The summed E-state index contributed by atoms with van der Waals surface area (Å²) < 4.78 is 65.8. The predicted molar refractivity (Wildman–Crippen MR) is 166 cm³/mol. The maximum Gasteiger partial charge on any atom is 0.319 e. The number of piperazine rings is 1. The van der Waals surface area contributed by atoms with Crippen molar-refractivity contribution >= 4 is 44.1 Å². The van der Waals surface area contributed by atoms with Crippen molar-refractivity contribution in [3.8, 4) is 17.3 Å². The molecule has 3 saturated heterocycles. The van der Waals surface area contributed by atoms with Gasteiger partial charge >= 0.3 is 6.01 Å². The fourth-order valence-corrected chi connectivity index (χ4v) is 7.94. The number of alkyl halides is 1. The molecule has 0 bridgehead atoms. The molecule has 46 heavy (non-hydrogen) atoms. The Labute approximate surface area is 265 Å². The summed E-state index contributed by atoms with van der Waals surface area (Å²) in [4.78, 5) is 34.7. The Kier molecular flexibility index (Phi) is 7.76. The van der Waals surface area contributed by atoms with Crippen LogP contribution >= 0.6 is 11.3 Å². The van der Waals surface area contributed by atoms with E-state index in [2.05, 4.69) is 31.3 Å². The van der Waals surface area contributed by atoms with Crippen LogP contribution in [0.15, 0.2) is 42.9 Å². The quantitative estimate of drug-likeness (QED) is 0.147. The van der Waals surface area contributed by atoms with Crippen LogP contribution in [0.4, 0.5) is 23.4 Å². The number of halogens is 4. The first-order valence-electron chi connectivity index (χ1n) is 15.0. The number of carbonyl (C=O) groups excluding carboxylic acids is 1. The van der Waals surface area contributed by atoms with Gasteiger partial charge in [-0.1, -0.05) is 18.7 Å². The minimum atomic E-state index is -1.12.